The Kier molecular flexibility index (Phi) is 7.64. The minimum Gasteiger partial charge on any atom is -0.474 e. The van der Waals surface area contributed by atoms with Crippen LogP contribution in [0.5, 0.6) is 5.88 Å². The Bertz CT molecular complexity index is 1140. The molecule has 6 nitrogen and oxygen atoms in total. The Labute approximate surface area is 187 Å². The van der Waals surface area contributed by atoms with E-state index in [-0.39, 0.29) is 11.7 Å². The average Bonchev–Trinajstić information content (AvgIpc) is 3.21. The maximum atomic E-state index is 14.8. The second kappa shape index (κ2) is 10.2. The van der Waals surface area contributed by atoms with Gasteiger partial charge in [0.15, 0.2) is 10.9 Å². The summed E-state index contributed by atoms with van der Waals surface area (Å²) in [7, 11) is 0.0621. The number of hydrogen-bond donors (Lipinski definition) is 2. The van der Waals surface area contributed by atoms with Gasteiger partial charge in [0.25, 0.3) is 5.88 Å². The molecule has 0 aliphatic heterocycles. The number of aryl methyl sites for hydroxylation is 2. The number of rotatable bonds is 10. The van der Waals surface area contributed by atoms with Crippen LogP contribution in [0.2, 0.25) is 0 Å². The smallest absolute Gasteiger partial charge is 0.256 e. The fourth-order valence-corrected chi connectivity index (χ4v) is 5.82. The van der Waals surface area contributed by atoms with Gasteiger partial charge in [-0.25, -0.2) is 9.97 Å². The Morgan fingerprint density at radius 3 is 2.81 bits per heavy atom. The number of aromatic nitrogens is 3. The molecule has 2 N–H and O–H groups in total. The second-order valence-corrected chi connectivity index (χ2v) is 11.0. The molecule has 3 rings (SSSR count). The molecule has 3 aromatic rings. The van der Waals surface area contributed by atoms with Crippen LogP contribution in [0.15, 0.2) is 39.6 Å². The van der Waals surface area contributed by atoms with E-state index in [4.69, 9.17) is 4.74 Å². The van der Waals surface area contributed by atoms with Crippen molar-refractivity contribution in [2.75, 3.05) is 25.5 Å². The fraction of sp³-hybridized carbons (Fsp3) is 0.318. The van der Waals surface area contributed by atoms with Crippen molar-refractivity contribution in [3.05, 3.63) is 47.7 Å². The van der Waals surface area contributed by atoms with E-state index in [2.05, 4.69) is 62.4 Å². The zero-order valence-electron chi connectivity index (χ0n) is 18.1. The average molecular weight is 462 g/mol. The van der Waals surface area contributed by atoms with Crippen LogP contribution in [0.3, 0.4) is 0 Å². The summed E-state index contributed by atoms with van der Waals surface area (Å²) in [4.78, 5) is 13.7. The number of thiazole rings is 1. The fourth-order valence-electron chi connectivity index (χ4n) is 2.91. The lowest BCUT2D eigenvalue weighted by molar-refractivity contribution is 0.288. The van der Waals surface area contributed by atoms with Crippen LogP contribution in [0.1, 0.15) is 24.7 Å². The van der Waals surface area contributed by atoms with Gasteiger partial charge in [0.1, 0.15) is 12.4 Å². The third-order valence-corrected chi connectivity index (χ3v) is 8.45. The van der Waals surface area contributed by atoms with Gasteiger partial charge >= 0.3 is 0 Å². The Balaban J connectivity index is 1.84. The molecule has 0 amide bonds. The summed E-state index contributed by atoms with van der Waals surface area (Å²) < 4.78 is 21.2. The Morgan fingerprint density at radius 2 is 2.06 bits per heavy atom. The van der Waals surface area contributed by atoms with Gasteiger partial charge in [-0.3, -0.25) is 0 Å². The molecular weight excluding hydrogens is 433 g/mol. The largest absolute Gasteiger partial charge is 0.474 e. The van der Waals surface area contributed by atoms with Crippen LogP contribution < -0.4 is 15.4 Å². The van der Waals surface area contributed by atoms with Gasteiger partial charge in [-0.2, -0.15) is 9.37 Å². The van der Waals surface area contributed by atoms with Gasteiger partial charge in [0.2, 0.25) is 5.82 Å². The summed E-state index contributed by atoms with van der Waals surface area (Å²) in [5.74, 6) is 8.53. The van der Waals surface area contributed by atoms with E-state index in [0.717, 1.165) is 21.9 Å². The van der Waals surface area contributed by atoms with Gasteiger partial charge in [-0.05, 0) is 38.1 Å². The SMILES string of the molecule is C=S(=C)(c1cccc(CCC)c1)c1cnc(Nc2nc(C)nc(OCCNC)c2F)s1. The third-order valence-electron chi connectivity index (χ3n) is 4.51. The standard InChI is InChI=1S/C22H28FN5OS2/c1-6-8-16-9-7-10-17(13-16)31(4,5)18-14-25-22(30-18)28-20-19(23)21(27-15(2)26-20)29-12-11-24-3/h7,9-10,13-14,24H,4-6,8,11-12H2,1-3H3,(H,25,26,27,28). The van der Waals surface area contributed by atoms with Crippen LogP contribution in [0.25, 0.3) is 0 Å². The molecule has 0 aliphatic carbocycles. The van der Waals surface area contributed by atoms with E-state index in [1.54, 1.807) is 20.2 Å². The molecule has 0 unspecified atom stereocenters. The van der Waals surface area contributed by atoms with Gasteiger partial charge in [0, 0.05) is 11.4 Å². The number of ether oxygens (including phenoxy) is 1. The molecule has 9 heteroatoms. The van der Waals surface area contributed by atoms with Gasteiger partial charge in [-0.1, -0.05) is 48.6 Å². The summed E-state index contributed by atoms with van der Waals surface area (Å²) >= 11 is 1.40. The lowest BCUT2D eigenvalue weighted by Crippen LogP contribution is -2.17. The quantitative estimate of drug-likeness (QED) is 0.335. The van der Waals surface area contributed by atoms with Crippen molar-refractivity contribution in [3.63, 3.8) is 0 Å². The highest BCUT2D eigenvalue weighted by molar-refractivity contribution is 8.29. The molecule has 0 atom stereocenters. The Hall–Kier alpha value is -2.49. The molecule has 0 radical (unpaired) electrons. The van der Waals surface area contributed by atoms with Crippen molar-refractivity contribution in [2.24, 2.45) is 0 Å². The van der Waals surface area contributed by atoms with E-state index >= 15 is 0 Å². The highest BCUT2D eigenvalue weighted by atomic mass is 32.2. The Morgan fingerprint density at radius 1 is 1.26 bits per heavy atom. The van der Waals surface area contributed by atoms with Gasteiger partial charge in [0.05, 0.1) is 10.4 Å². The third kappa shape index (κ3) is 5.61. The molecule has 31 heavy (non-hydrogen) atoms. The summed E-state index contributed by atoms with van der Waals surface area (Å²) in [6.45, 7) is 4.73. The number of likely N-dealkylation sites (N-methyl/N-ethyl adjacent to an activating group) is 1. The molecule has 1 aromatic carbocycles. The maximum absolute atomic E-state index is 14.8. The first-order valence-corrected chi connectivity index (χ1v) is 12.8. The second-order valence-electron chi connectivity index (χ2n) is 7.08. The summed E-state index contributed by atoms with van der Waals surface area (Å²) in [6, 6.07) is 8.41. The molecule has 0 bridgehead atoms. The zero-order valence-corrected chi connectivity index (χ0v) is 19.7. The molecule has 0 spiro atoms. The van der Waals surface area contributed by atoms with Crippen molar-refractivity contribution in [1.29, 1.82) is 0 Å². The zero-order chi connectivity index (χ0) is 22.4. The van der Waals surface area contributed by atoms with E-state index in [1.165, 1.54) is 16.9 Å². The van der Waals surface area contributed by atoms with E-state index in [9.17, 15) is 4.39 Å². The summed E-state index contributed by atoms with van der Waals surface area (Å²) in [5, 5.41) is 6.42. The highest BCUT2D eigenvalue weighted by Gasteiger charge is 2.17. The van der Waals surface area contributed by atoms with Crippen molar-refractivity contribution < 1.29 is 9.13 Å². The molecule has 0 saturated carbocycles. The highest BCUT2D eigenvalue weighted by Crippen LogP contribution is 2.45. The van der Waals surface area contributed by atoms with Crippen molar-refractivity contribution >= 4 is 43.2 Å². The van der Waals surface area contributed by atoms with Crippen LogP contribution in [-0.2, 0) is 6.42 Å². The minimum atomic E-state index is -1.73. The minimum absolute atomic E-state index is 0.0338. The van der Waals surface area contributed by atoms with E-state index < -0.39 is 15.0 Å². The van der Waals surface area contributed by atoms with E-state index in [0.29, 0.717) is 24.1 Å². The first kappa shape index (κ1) is 23.2. The first-order valence-electron chi connectivity index (χ1n) is 9.98. The number of anilines is 2. The molecule has 2 aromatic heterocycles. The first-order chi connectivity index (χ1) is 14.8. The number of nitrogens with zero attached hydrogens (tertiary/aromatic N) is 3. The van der Waals surface area contributed by atoms with Crippen LogP contribution in [0, 0.1) is 12.7 Å². The summed E-state index contributed by atoms with van der Waals surface area (Å²) in [6.07, 6.45) is 3.86. The number of hydrogen-bond acceptors (Lipinski definition) is 7. The topological polar surface area (TPSA) is 72.0 Å². The van der Waals surface area contributed by atoms with Crippen LogP contribution in [0.4, 0.5) is 15.3 Å². The normalized spacial score (nSPS) is 11.5. The van der Waals surface area contributed by atoms with Crippen LogP contribution >= 0.6 is 20.5 Å². The molecule has 0 fully saturated rings. The lowest BCUT2D eigenvalue weighted by atomic mass is 10.1. The van der Waals surface area contributed by atoms with Gasteiger partial charge < -0.3 is 15.4 Å². The lowest BCUT2D eigenvalue weighted by Gasteiger charge is -2.14. The van der Waals surface area contributed by atoms with Crippen molar-refractivity contribution in [3.8, 4) is 5.88 Å². The van der Waals surface area contributed by atoms with Crippen molar-refractivity contribution in [1.82, 2.24) is 20.3 Å². The summed E-state index contributed by atoms with van der Waals surface area (Å²) in [5.41, 5.74) is 1.27. The van der Waals surface area contributed by atoms with Crippen molar-refractivity contribution in [2.45, 2.75) is 35.8 Å². The molecule has 2 heterocycles. The number of halogens is 1. The molecule has 0 aliphatic rings. The molecular formula is C22H28FN5OS2. The maximum Gasteiger partial charge on any atom is 0.256 e. The predicted molar refractivity (Wildman–Crippen MR) is 130 cm³/mol. The monoisotopic (exact) mass is 461 g/mol. The number of benzene rings is 1. The van der Waals surface area contributed by atoms with Gasteiger partial charge in [-0.15, -0.1) is 9.21 Å². The number of nitrogens with one attached hydrogen (secondary N) is 2. The molecule has 166 valence electrons. The van der Waals surface area contributed by atoms with Crippen LogP contribution in [-0.4, -0.2) is 46.9 Å². The predicted octanol–water partition coefficient (Wildman–Crippen LogP) is 4.76. The molecule has 0 saturated heterocycles. The van der Waals surface area contributed by atoms with E-state index in [1.807, 2.05) is 6.07 Å².